The molecular weight excluding hydrogens is 700 g/mol. The second kappa shape index (κ2) is 13.7. The van der Waals surface area contributed by atoms with Crippen molar-refractivity contribution in [2.24, 2.45) is 5.92 Å². The fraction of sp³-hybridized carbons (Fsp3) is 0.474. The van der Waals surface area contributed by atoms with Gasteiger partial charge in [-0.15, -0.1) is 0 Å². The van der Waals surface area contributed by atoms with Gasteiger partial charge in [-0.1, -0.05) is 26.8 Å². The van der Waals surface area contributed by atoms with E-state index >= 15 is 0 Å². The van der Waals surface area contributed by atoms with Crippen LogP contribution in [0.2, 0.25) is 0 Å². The number of halogens is 4. The van der Waals surface area contributed by atoms with Crippen molar-refractivity contribution in [3.8, 4) is 0 Å². The first-order valence-electron chi connectivity index (χ1n) is 16.3. The molecule has 1 unspecified atom stereocenters. The third-order valence-corrected chi connectivity index (χ3v) is 22.6. The van der Waals surface area contributed by atoms with Crippen LogP contribution in [0.1, 0.15) is 92.0 Å². The summed E-state index contributed by atoms with van der Waals surface area (Å²) < 4.78 is 43.0. The van der Waals surface area contributed by atoms with Gasteiger partial charge in [0.15, 0.2) is 0 Å². The Morgan fingerprint density at radius 1 is 0.935 bits per heavy atom. The SMILES string of the molecule is CC[I-]1(Cc2ccc([C@H]3[C@@H](C(=O)Nc4cccc(C(C)(C)C)c4)CCCN3C(=O)c3ccccc3C)cc2)CCC[C@@H]1C(F)(F)F. The quantitative estimate of drug-likeness (QED) is 0.241. The summed E-state index contributed by atoms with van der Waals surface area (Å²) in [5, 5.41) is 3.15. The third-order valence-electron chi connectivity index (χ3n) is 9.76. The molecule has 2 heterocycles. The van der Waals surface area contributed by atoms with E-state index in [4.69, 9.17) is 0 Å². The van der Waals surface area contributed by atoms with Crippen LogP contribution in [0.25, 0.3) is 0 Å². The summed E-state index contributed by atoms with van der Waals surface area (Å²) in [7, 11) is 0. The Bertz CT molecular complexity index is 1550. The predicted molar refractivity (Wildman–Crippen MR) is 176 cm³/mol. The molecule has 0 bridgehead atoms. The average Bonchev–Trinajstić information content (AvgIpc) is 3.45. The second-order valence-electron chi connectivity index (χ2n) is 13.8. The zero-order valence-corrected chi connectivity index (χ0v) is 29.8. The van der Waals surface area contributed by atoms with E-state index in [1.807, 2.05) is 85.5 Å². The zero-order chi connectivity index (χ0) is 33.3. The molecule has 0 radical (unpaired) electrons. The first kappa shape index (κ1) is 34.5. The molecular formula is C38H47F3IN2O2-. The number of amides is 2. The van der Waals surface area contributed by atoms with Crippen LogP contribution in [-0.4, -0.2) is 42.2 Å². The Labute approximate surface area is 276 Å². The Morgan fingerprint density at radius 2 is 1.65 bits per heavy atom. The summed E-state index contributed by atoms with van der Waals surface area (Å²) in [5.74, 6) is -0.742. The van der Waals surface area contributed by atoms with Crippen molar-refractivity contribution in [1.82, 2.24) is 4.90 Å². The van der Waals surface area contributed by atoms with Crippen molar-refractivity contribution in [3.05, 3.63) is 101 Å². The molecule has 4 nitrogen and oxygen atoms in total. The van der Waals surface area contributed by atoms with Crippen LogP contribution in [0.15, 0.2) is 72.8 Å². The number of hydrogen-bond acceptors (Lipinski definition) is 2. The molecule has 2 aliphatic rings. The van der Waals surface area contributed by atoms with Gasteiger partial charge in [-0.2, -0.15) is 0 Å². The number of anilines is 1. The molecule has 3 aromatic rings. The first-order valence-corrected chi connectivity index (χ1v) is 22.2. The van der Waals surface area contributed by atoms with Crippen LogP contribution in [0, 0.1) is 12.8 Å². The molecule has 8 heteroatoms. The second-order valence-corrected chi connectivity index (χ2v) is 24.6. The average molecular weight is 748 g/mol. The Kier molecular flexibility index (Phi) is 10.3. The predicted octanol–water partition coefficient (Wildman–Crippen LogP) is 5.93. The summed E-state index contributed by atoms with van der Waals surface area (Å²) in [6.07, 6.45) is -1.89. The number of rotatable bonds is 7. The van der Waals surface area contributed by atoms with Gasteiger partial charge in [-0.3, -0.25) is 0 Å². The molecule has 0 saturated carbocycles. The van der Waals surface area contributed by atoms with E-state index in [1.165, 1.54) is 0 Å². The Balaban J connectivity index is 1.47. The Hall–Kier alpha value is -2.88. The molecule has 5 rings (SSSR count). The number of nitrogens with one attached hydrogen (secondary N) is 1. The molecule has 2 fully saturated rings. The van der Waals surface area contributed by atoms with E-state index in [2.05, 4.69) is 32.2 Å². The van der Waals surface area contributed by atoms with Crippen molar-refractivity contribution in [3.63, 3.8) is 0 Å². The van der Waals surface area contributed by atoms with E-state index < -0.39 is 40.5 Å². The molecule has 250 valence electrons. The first-order chi connectivity index (χ1) is 21.7. The van der Waals surface area contributed by atoms with Gasteiger partial charge < -0.3 is 0 Å². The fourth-order valence-electron chi connectivity index (χ4n) is 7.17. The summed E-state index contributed by atoms with van der Waals surface area (Å²) in [6, 6.07) is 22.7. The summed E-state index contributed by atoms with van der Waals surface area (Å²) >= 11 is -3.13. The number of carbonyl (C=O) groups is 2. The van der Waals surface area contributed by atoms with E-state index in [0.29, 0.717) is 40.2 Å². The standard InChI is InChI=1S/C38H47F3IN2O2/c1-6-42(22-10-17-33(42)38(39,40)41)25-27-18-20-28(21-19-27)34-32(35(45)43-30-14-9-13-29(24-30)37(3,4)5)16-11-23-44(34)36(46)31-15-8-7-12-26(31)2/h7-9,12-15,18-21,24,32-34H,6,10-11,16-17,22-23,25H2,1-5H3,(H,43,45)/q-1/t32-,33+,34-/m0/s1. The van der Waals surface area contributed by atoms with Crippen molar-refractivity contribution in [1.29, 1.82) is 0 Å². The number of aryl methyl sites for hydroxylation is 1. The van der Waals surface area contributed by atoms with Crippen LogP contribution < -0.4 is 23.8 Å². The van der Waals surface area contributed by atoms with Crippen molar-refractivity contribution >= 4 is 17.5 Å². The number of likely N-dealkylation sites (tertiary alicyclic amines) is 1. The maximum absolute atomic E-state index is 14.1. The summed E-state index contributed by atoms with van der Waals surface area (Å²) in [6.45, 7) is 10.8. The van der Waals surface area contributed by atoms with Crippen LogP contribution in [0.5, 0.6) is 0 Å². The molecule has 0 spiro atoms. The van der Waals surface area contributed by atoms with Crippen LogP contribution in [0.3, 0.4) is 0 Å². The van der Waals surface area contributed by atoms with Gasteiger partial charge in [0.2, 0.25) is 0 Å². The van der Waals surface area contributed by atoms with Crippen LogP contribution in [-0.2, 0) is 14.6 Å². The number of carbonyl (C=O) groups excluding carboxylic acids is 2. The molecule has 1 N–H and O–H groups in total. The van der Waals surface area contributed by atoms with Gasteiger partial charge in [0.1, 0.15) is 0 Å². The minimum atomic E-state index is -4.13. The van der Waals surface area contributed by atoms with Gasteiger partial charge in [0.05, 0.1) is 0 Å². The normalized spacial score (nSPS) is 25.1. The van der Waals surface area contributed by atoms with Crippen molar-refractivity contribution in [2.45, 2.75) is 86.3 Å². The maximum atomic E-state index is 14.1. The van der Waals surface area contributed by atoms with Gasteiger partial charge in [-0.25, -0.2) is 0 Å². The molecule has 4 atom stereocenters. The molecule has 2 aliphatic heterocycles. The summed E-state index contributed by atoms with van der Waals surface area (Å²) in [5.41, 5.74) is 5.02. The van der Waals surface area contributed by atoms with Gasteiger partial charge in [0.25, 0.3) is 0 Å². The number of hydrogen-bond donors (Lipinski definition) is 1. The molecule has 3 aromatic carbocycles. The zero-order valence-electron chi connectivity index (χ0n) is 27.6. The van der Waals surface area contributed by atoms with E-state index in [0.717, 1.165) is 32.4 Å². The number of piperidine rings is 1. The molecule has 2 amide bonds. The van der Waals surface area contributed by atoms with Gasteiger partial charge >= 0.3 is 245 Å². The molecule has 0 aliphatic carbocycles. The number of alkyl halides is 7. The van der Waals surface area contributed by atoms with Gasteiger partial charge in [-0.05, 0) is 5.41 Å². The minimum absolute atomic E-state index is 0.0781. The van der Waals surface area contributed by atoms with Gasteiger partial charge in [0, 0.05) is 0 Å². The summed E-state index contributed by atoms with van der Waals surface area (Å²) in [4.78, 5) is 30.0. The van der Waals surface area contributed by atoms with E-state index in [-0.39, 0.29) is 23.7 Å². The third kappa shape index (κ3) is 7.32. The number of nitrogens with zero attached hydrogens (tertiary/aromatic N) is 1. The molecule has 2 saturated heterocycles. The monoisotopic (exact) mass is 747 g/mol. The van der Waals surface area contributed by atoms with Crippen LogP contribution in [0.4, 0.5) is 18.9 Å². The molecule has 46 heavy (non-hydrogen) atoms. The topological polar surface area (TPSA) is 49.4 Å². The fourth-order valence-corrected chi connectivity index (χ4v) is 18.7. The Morgan fingerprint density at radius 3 is 2.30 bits per heavy atom. The number of benzene rings is 3. The van der Waals surface area contributed by atoms with E-state index in [1.54, 1.807) is 0 Å². The van der Waals surface area contributed by atoms with Crippen molar-refractivity contribution in [2.75, 3.05) is 20.7 Å². The molecule has 0 aromatic heterocycles. The van der Waals surface area contributed by atoms with Crippen LogP contribution >= 0.6 is 0 Å². The van der Waals surface area contributed by atoms with E-state index in [9.17, 15) is 22.8 Å². The van der Waals surface area contributed by atoms with Crippen molar-refractivity contribution < 1.29 is 41.2 Å².